The molecule has 13 heavy (non-hydrogen) atoms. The van der Waals surface area contributed by atoms with Crippen LogP contribution in [-0.2, 0) is 0 Å². The number of unbranched alkanes of at least 4 members (excludes halogenated alkanes) is 3. The Morgan fingerprint density at radius 1 is 1.38 bits per heavy atom. The van der Waals surface area contributed by atoms with Crippen LogP contribution in [-0.4, -0.2) is 11.7 Å². The van der Waals surface area contributed by atoms with Crippen molar-refractivity contribution >= 4 is 0 Å². The Morgan fingerprint density at radius 2 is 2.08 bits per heavy atom. The summed E-state index contributed by atoms with van der Waals surface area (Å²) < 4.78 is 0. The highest BCUT2D eigenvalue weighted by atomic mass is 16.3. The van der Waals surface area contributed by atoms with Crippen molar-refractivity contribution in [2.75, 3.05) is 6.61 Å². The van der Waals surface area contributed by atoms with Crippen molar-refractivity contribution in [1.82, 2.24) is 0 Å². The molecule has 0 spiro atoms. The number of rotatable bonds is 6. The van der Waals surface area contributed by atoms with E-state index in [1.807, 2.05) is 0 Å². The molecule has 0 aliphatic heterocycles. The smallest absolute Gasteiger partial charge is 0.0504 e. The van der Waals surface area contributed by atoms with Crippen LogP contribution in [0, 0.1) is 11.3 Å². The molecule has 0 heterocycles. The molecular formula is C12H22O. The van der Waals surface area contributed by atoms with E-state index in [9.17, 15) is 0 Å². The minimum atomic E-state index is 0.280. The Balaban J connectivity index is 2.19. The zero-order valence-electron chi connectivity index (χ0n) is 8.97. The third-order valence-corrected chi connectivity index (χ3v) is 3.57. The number of aliphatic hydroxyl groups excluding tert-OH is 1. The van der Waals surface area contributed by atoms with E-state index >= 15 is 0 Å². The first kappa shape index (κ1) is 10.8. The highest BCUT2D eigenvalue weighted by Crippen LogP contribution is 2.59. The van der Waals surface area contributed by atoms with Gasteiger partial charge >= 0.3 is 0 Å². The summed E-state index contributed by atoms with van der Waals surface area (Å²) in [4.78, 5) is 0. The van der Waals surface area contributed by atoms with Gasteiger partial charge in [-0.2, -0.15) is 0 Å². The van der Waals surface area contributed by atoms with E-state index in [2.05, 4.69) is 20.4 Å². The predicted octanol–water partition coefficient (Wildman–Crippen LogP) is 3.14. The lowest BCUT2D eigenvalue weighted by Crippen LogP contribution is -2.01. The number of hydrogen-bond donors (Lipinski definition) is 1. The van der Waals surface area contributed by atoms with Gasteiger partial charge in [-0.25, -0.2) is 0 Å². The molecule has 0 amide bonds. The Kier molecular flexibility index (Phi) is 3.55. The molecule has 0 bridgehead atoms. The third kappa shape index (κ3) is 2.14. The summed E-state index contributed by atoms with van der Waals surface area (Å²) in [7, 11) is 0. The quantitative estimate of drug-likeness (QED) is 0.494. The van der Waals surface area contributed by atoms with E-state index in [4.69, 9.17) is 5.11 Å². The van der Waals surface area contributed by atoms with Gasteiger partial charge in [-0.15, -0.1) is 0 Å². The van der Waals surface area contributed by atoms with Crippen molar-refractivity contribution in [2.45, 2.75) is 46.0 Å². The summed E-state index contributed by atoms with van der Waals surface area (Å²) in [6, 6.07) is 0. The maximum Gasteiger partial charge on any atom is 0.0504 e. The van der Waals surface area contributed by atoms with Crippen LogP contribution in [0.2, 0.25) is 0 Å². The van der Waals surface area contributed by atoms with Gasteiger partial charge in [-0.05, 0) is 11.8 Å². The Morgan fingerprint density at radius 3 is 2.54 bits per heavy atom. The molecule has 0 aromatic carbocycles. The fourth-order valence-electron chi connectivity index (χ4n) is 2.22. The fraction of sp³-hybridized carbons (Fsp3) is 0.833. The van der Waals surface area contributed by atoms with Crippen LogP contribution in [0.25, 0.3) is 0 Å². The first-order valence-corrected chi connectivity index (χ1v) is 5.47. The molecule has 1 heteroatoms. The van der Waals surface area contributed by atoms with E-state index < -0.39 is 0 Å². The topological polar surface area (TPSA) is 20.2 Å². The van der Waals surface area contributed by atoms with Crippen LogP contribution in [0.4, 0.5) is 0 Å². The van der Waals surface area contributed by atoms with E-state index in [0.717, 1.165) is 0 Å². The SMILES string of the molecule is C=C1[C@H](CO)[C@@]1(C)CCCCCC. The molecule has 1 nitrogen and oxygen atoms in total. The van der Waals surface area contributed by atoms with Gasteiger partial charge in [0.1, 0.15) is 0 Å². The molecule has 1 aliphatic rings. The summed E-state index contributed by atoms with van der Waals surface area (Å²) in [5, 5.41) is 9.05. The number of hydrogen-bond acceptors (Lipinski definition) is 1. The van der Waals surface area contributed by atoms with E-state index in [-0.39, 0.29) is 5.41 Å². The van der Waals surface area contributed by atoms with Crippen LogP contribution in [0.1, 0.15) is 46.0 Å². The molecule has 1 N–H and O–H groups in total. The molecule has 1 saturated carbocycles. The minimum absolute atomic E-state index is 0.280. The maximum atomic E-state index is 9.05. The van der Waals surface area contributed by atoms with Gasteiger partial charge < -0.3 is 5.11 Å². The van der Waals surface area contributed by atoms with Crippen molar-refractivity contribution in [3.05, 3.63) is 12.2 Å². The van der Waals surface area contributed by atoms with Gasteiger partial charge in [0, 0.05) is 5.92 Å². The monoisotopic (exact) mass is 182 g/mol. The van der Waals surface area contributed by atoms with Gasteiger partial charge in [-0.3, -0.25) is 0 Å². The lowest BCUT2D eigenvalue weighted by Gasteiger charge is -2.08. The van der Waals surface area contributed by atoms with Crippen LogP contribution >= 0.6 is 0 Å². The highest BCUT2D eigenvalue weighted by Gasteiger charge is 2.52. The van der Waals surface area contributed by atoms with Gasteiger partial charge in [0.25, 0.3) is 0 Å². The van der Waals surface area contributed by atoms with Crippen LogP contribution in [0.3, 0.4) is 0 Å². The molecule has 1 rings (SSSR count). The highest BCUT2D eigenvalue weighted by molar-refractivity contribution is 5.34. The standard InChI is InChI=1S/C12H22O/c1-4-5-6-7-8-12(3)10(2)11(12)9-13/h11,13H,2,4-9H2,1,3H3/t11-,12-/m0/s1. The molecule has 0 aromatic heterocycles. The van der Waals surface area contributed by atoms with E-state index in [1.165, 1.54) is 37.7 Å². The first-order valence-electron chi connectivity index (χ1n) is 5.47. The summed E-state index contributed by atoms with van der Waals surface area (Å²) >= 11 is 0. The Bertz CT molecular complexity index is 186. The largest absolute Gasteiger partial charge is 0.396 e. The summed E-state index contributed by atoms with van der Waals surface area (Å²) in [6.45, 7) is 8.77. The van der Waals surface area contributed by atoms with Crippen LogP contribution in [0.15, 0.2) is 12.2 Å². The average Bonchev–Trinajstić information content (AvgIpc) is 2.64. The molecule has 0 aromatic rings. The minimum Gasteiger partial charge on any atom is -0.396 e. The molecule has 1 fully saturated rings. The zero-order valence-corrected chi connectivity index (χ0v) is 8.97. The molecule has 0 radical (unpaired) electrons. The van der Waals surface area contributed by atoms with Crippen molar-refractivity contribution < 1.29 is 5.11 Å². The summed E-state index contributed by atoms with van der Waals surface area (Å²) in [5.41, 5.74) is 1.55. The summed E-state index contributed by atoms with van der Waals surface area (Å²) in [5.74, 6) is 0.397. The lowest BCUT2D eigenvalue weighted by atomic mass is 9.97. The second-order valence-corrected chi connectivity index (χ2v) is 4.49. The molecule has 76 valence electrons. The van der Waals surface area contributed by atoms with Crippen molar-refractivity contribution in [3.63, 3.8) is 0 Å². The average molecular weight is 182 g/mol. The zero-order chi connectivity index (χ0) is 9.90. The summed E-state index contributed by atoms with van der Waals surface area (Å²) in [6.07, 6.45) is 6.47. The second-order valence-electron chi connectivity index (χ2n) is 4.49. The van der Waals surface area contributed by atoms with E-state index in [1.54, 1.807) is 0 Å². The fourth-order valence-corrected chi connectivity index (χ4v) is 2.22. The van der Waals surface area contributed by atoms with Crippen molar-refractivity contribution in [1.29, 1.82) is 0 Å². The lowest BCUT2D eigenvalue weighted by molar-refractivity contribution is 0.248. The first-order chi connectivity index (χ1) is 6.16. The predicted molar refractivity (Wildman–Crippen MR) is 56.6 cm³/mol. The van der Waals surface area contributed by atoms with Crippen molar-refractivity contribution in [3.8, 4) is 0 Å². The second kappa shape index (κ2) is 4.28. The van der Waals surface area contributed by atoms with Gasteiger partial charge in [0.05, 0.1) is 6.61 Å². The van der Waals surface area contributed by atoms with Crippen LogP contribution in [0.5, 0.6) is 0 Å². The van der Waals surface area contributed by atoms with Gasteiger partial charge in [0.2, 0.25) is 0 Å². The van der Waals surface area contributed by atoms with E-state index in [0.29, 0.717) is 12.5 Å². The molecule has 2 atom stereocenters. The molecular weight excluding hydrogens is 160 g/mol. The molecule has 0 saturated heterocycles. The third-order valence-electron chi connectivity index (χ3n) is 3.57. The van der Waals surface area contributed by atoms with Gasteiger partial charge in [-0.1, -0.05) is 51.7 Å². The Labute approximate surface area is 81.9 Å². The molecule has 0 unspecified atom stereocenters. The number of aliphatic hydroxyl groups is 1. The maximum absolute atomic E-state index is 9.05. The van der Waals surface area contributed by atoms with Gasteiger partial charge in [0.15, 0.2) is 0 Å². The van der Waals surface area contributed by atoms with Crippen molar-refractivity contribution in [2.24, 2.45) is 11.3 Å². The molecule has 1 aliphatic carbocycles. The Hall–Kier alpha value is -0.300. The van der Waals surface area contributed by atoms with Crippen LogP contribution < -0.4 is 0 Å². The normalized spacial score (nSPS) is 32.2.